The number of carbonyl (C=O) groups is 1. The highest BCUT2D eigenvalue weighted by molar-refractivity contribution is 5.67. The van der Waals surface area contributed by atoms with E-state index in [0.29, 0.717) is 19.6 Å². The molecule has 0 aromatic carbocycles. The minimum atomic E-state index is -0.462. The Morgan fingerprint density at radius 2 is 2.00 bits per heavy atom. The third-order valence-corrected chi connectivity index (χ3v) is 3.10. The smallest absolute Gasteiger partial charge is 0.410 e. The summed E-state index contributed by atoms with van der Waals surface area (Å²) < 4.78 is 7.35. The number of rotatable bonds is 6. The summed E-state index contributed by atoms with van der Waals surface area (Å²) >= 11 is 0. The van der Waals surface area contributed by atoms with Gasteiger partial charge >= 0.3 is 6.09 Å². The average Bonchev–Trinajstić information content (AvgIpc) is 2.74. The van der Waals surface area contributed by atoms with E-state index in [4.69, 9.17) is 4.74 Å². The summed E-state index contributed by atoms with van der Waals surface area (Å²) in [4.78, 5) is 19.7. The van der Waals surface area contributed by atoms with Crippen molar-refractivity contribution in [2.45, 2.75) is 32.9 Å². The van der Waals surface area contributed by atoms with Gasteiger partial charge in [-0.2, -0.15) is 0 Å². The third kappa shape index (κ3) is 5.55. The molecule has 126 valence electrons. The van der Waals surface area contributed by atoms with E-state index in [1.807, 2.05) is 57.6 Å². The number of likely N-dealkylation sites (N-methyl/N-ethyl adjacent to an activating group) is 1. The van der Waals surface area contributed by atoms with E-state index < -0.39 is 5.60 Å². The van der Waals surface area contributed by atoms with E-state index in [-0.39, 0.29) is 6.09 Å². The van der Waals surface area contributed by atoms with Gasteiger partial charge in [-0.1, -0.05) is 0 Å². The zero-order chi connectivity index (χ0) is 16.9. The molecule has 1 rings (SSSR count). The molecular formula is C15H29N5O2. The number of amides is 1. The number of nitrogens with zero attached hydrogens (tertiary/aromatic N) is 4. The molecule has 0 atom stereocenters. The van der Waals surface area contributed by atoms with Crippen LogP contribution in [0.1, 0.15) is 26.5 Å². The predicted octanol–water partition coefficient (Wildman–Crippen LogP) is 1.44. The molecule has 0 fully saturated rings. The zero-order valence-electron chi connectivity index (χ0n) is 14.8. The van der Waals surface area contributed by atoms with E-state index in [2.05, 4.69) is 10.3 Å². The molecule has 1 amide bonds. The van der Waals surface area contributed by atoms with Crippen LogP contribution in [0.25, 0.3) is 0 Å². The van der Waals surface area contributed by atoms with Gasteiger partial charge in [0.1, 0.15) is 5.60 Å². The third-order valence-electron chi connectivity index (χ3n) is 3.10. The fourth-order valence-electron chi connectivity index (χ4n) is 1.91. The average molecular weight is 311 g/mol. The first-order valence-electron chi connectivity index (χ1n) is 7.44. The van der Waals surface area contributed by atoms with E-state index in [1.165, 1.54) is 0 Å². The Hall–Kier alpha value is -1.76. The van der Waals surface area contributed by atoms with Crippen LogP contribution in [0.2, 0.25) is 0 Å². The summed E-state index contributed by atoms with van der Waals surface area (Å²) in [6.07, 6.45) is 1.56. The minimum absolute atomic E-state index is 0.301. The second-order valence-electron chi connectivity index (χ2n) is 6.58. The van der Waals surface area contributed by atoms with Crippen LogP contribution >= 0.6 is 0 Å². The lowest BCUT2D eigenvalue weighted by molar-refractivity contribution is 0.0300. The van der Waals surface area contributed by atoms with E-state index in [0.717, 1.165) is 11.6 Å². The van der Waals surface area contributed by atoms with Gasteiger partial charge in [-0.15, -0.1) is 0 Å². The number of anilines is 1. The van der Waals surface area contributed by atoms with Crippen LogP contribution < -0.4 is 10.2 Å². The summed E-state index contributed by atoms with van der Waals surface area (Å²) in [5.74, 6) is 0.919. The van der Waals surface area contributed by atoms with Crippen molar-refractivity contribution < 1.29 is 9.53 Å². The minimum Gasteiger partial charge on any atom is -0.444 e. The van der Waals surface area contributed by atoms with Crippen LogP contribution in [0, 0.1) is 0 Å². The van der Waals surface area contributed by atoms with E-state index in [1.54, 1.807) is 11.9 Å². The SMILES string of the molecule is CN(CCNCc1cnc(N(C)C)n1C)C(=O)OC(C)(C)C. The number of imidazole rings is 1. The Bertz CT molecular complexity index is 491. The van der Waals surface area contributed by atoms with Crippen molar-refractivity contribution in [3.63, 3.8) is 0 Å². The first-order valence-corrected chi connectivity index (χ1v) is 7.44. The standard InChI is InChI=1S/C15H29N5O2/c1-15(2,3)22-14(21)19(6)9-8-16-10-12-11-17-13(18(4)5)20(12)7/h11,16H,8-10H2,1-7H3. The fourth-order valence-corrected chi connectivity index (χ4v) is 1.91. The van der Waals surface area contributed by atoms with Crippen molar-refractivity contribution in [3.8, 4) is 0 Å². The largest absolute Gasteiger partial charge is 0.444 e. The van der Waals surface area contributed by atoms with Gasteiger partial charge < -0.3 is 24.4 Å². The van der Waals surface area contributed by atoms with Gasteiger partial charge in [-0.3, -0.25) is 0 Å². The van der Waals surface area contributed by atoms with Crippen LogP contribution in [0.3, 0.4) is 0 Å². The number of aromatic nitrogens is 2. The maximum absolute atomic E-state index is 11.8. The van der Waals surface area contributed by atoms with Gasteiger partial charge in [0, 0.05) is 47.8 Å². The highest BCUT2D eigenvalue weighted by Gasteiger charge is 2.19. The van der Waals surface area contributed by atoms with Gasteiger partial charge in [-0.25, -0.2) is 9.78 Å². The van der Waals surface area contributed by atoms with E-state index >= 15 is 0 Å². The topological polar surface area (TPSA) is 62.6 Å². The Morgan fingerprint density at radius 1 is 1.36 bits per heavy atom. The molecule has 0 aliphatic rings. The number of ether oxygens (including phenoxy) is 1. The van der Waals surface area contributed by atoms with Crippen molar-refractivity contribution in [3.05, 3.63) is 11.9 Å². The number of carbonyl (C=O) groups excluding carboxylic acids is 1. The van der Waals surface area contributed by atoms with Crippen LogP contribution in [0.5, 0.6) is 0 Å². The van der Waals surface area contributed by atoms with Crippen molar-refractivity contribution in [1.82, 2.24) is 19.8 Å². The van der Waals surface area contributed by atoms with Crippen molar-refractivity contribution in [2.24, 2.45) is 7.05 Å². The Kier molecular flexibility index (Phi) is 6.22. The normalized spacial score (nSPS) is 11.4. The van der Waals surface area contributed by atoms with E-state index in [9.17, 15) is 4.79 Å². The maximum Gasteiger partial charge on any atom is 0.410 e. The van der Waals surface area contributed by atoms with Gasteiger partial charge in [0.2, 0.25) is 5.95 Å². The molecule has 7 nitrogen and oxygen atoms in total. The molecule has 1 N–H and O–H groups in total. The molecule has 1 aromatic rings. The highest BCUT2D eigenvalue weighted by atomic mass is 16.6. The fraction of sp³-hybridized carbons (Fsp3) is 0.733. The molecule has 1 heterocycles. The molecule has 0 aliphatic heterocycles. The lowest BCUT2D eigenvalue weighted by atomic mass is 10.2. The quantitative estimate of drug-likeness (QED) is 0.806. The number of hydrogen-bond donors (Lipinski definition) is 1. The molecule has 0 aliphatic carbocycles. The summed E-state index contributed by atoms with van der Waals surface area (Å²) in [5.41, 5.74) is 0.638. The van der Waals surface area contributed by atoms with Gasteiger partial charge in [0.05, 0.1) is 11.9 Å². The second-order valence-corrected chi connectivity index (χ2v) is 6.58. The van der Waals surface area contributed by atoms with Crippen molar-refractivity contribution >= 4 is 12.0 Å². The van der Waals surface area contributed by atoms with Crippen molar-refractivity contribution in [1.29, 1.82) is 0 Å². The Labute approximate surface area is 133 Å². The number of hydrogen-bond acceptors (Lipinski definition) is 5. The molecule has 22 heavy (non-hydrogen) atoms. The summed E-state index contributed by atoms with van der Waals surface area (Å²) in [6, 6.07) is 0. The second kappa shape index (κ2) is 7.49. The highest BCUT2D eigenvalue weighted by Crippen LogP contribution is 2.10. The summed E-state index contributed by atoms with van der Waals surface area (Å²) in [7, 11) is 7.67. The first kappa shape index (κ1) is 18.3. The van der Waals surface area contributed by atoms with Gasteiger partial charge in [-0.05, 0) is 20.8 Å². The lowest BCUT2D eigenvalue weighted by Crippen LogP contribution is -2.38. The monoisotopic (exact) mass is 311 g/mol. The van der Waals surface area contributed by atoms with Crippen LogP contribution in [-0.2, 0) is 18.3 Å². The van der Waals surface area contributed by atoms with Crippen LogP contribution in [0.4, 0.5) is 10.7 Å². The molecule has 0 saturated heterocycles. The Balaban J connectivity index is 2.35. The van der Waals surface area contributed by atoms with Crippen LogP contribution in [0.15, 0.2) is 6.20 Å². The molecule has 1 aromatic heterocycles. The molecule has 0 bridgehead atoms. The molecule has 0 radical (unpaired) electrons. The molecular weight excluding hydrogens is 282 g/mol. The molecule has 0 unspecified atom stereocenters. The lowest BCUT2D eigenvalue weighted by Gasteiger charge is -2.24. The molecule has 0 spiro atoms. The number of nitrogens with one attached hydrogen (secondary N) is 1. The molecule has 7 heteroatoms. The van der Waals surface area contributed by atoms with Gasteiger partial charge in [0.15, 0.2) is 0 Å². The van der Waals surface area contributed by atoms with Gasteiger partial charge in [0.25, 0.3) is 0 Å². The van der Waals surface area contributed by atoms with Crippen molar-refractivity contribution in [2.75, 3.05) is 39.1 Å². The predicted molar refractivity (Wildman–Crippen MR) is 88.1 cm³/mol. The molecule has 0 saturated carbocycles. The zero-order valence-corrected chi connectivity index (χ0v) is 14.8. The Morgan fingerprint density at radius 3 is 2.50 bits per heavy atom. The summed E-state index contributed by atoms with van der Waals surface area (Å²) in [5, 5.41) is 3.31. The first-order chi connectivity index (χ1) is 10.1. The summed E-state index contributed by atoms with van der Waals surface area (Å²) in [6.45, 7) is 7.58. The maximum atomic E-state index is 11.8. The van der Waals surface area contributed by atoms with Crippen LogP contribution in [-0.4, -0.2) is 60.4 Å².